The predicted octanol–water partition coefficient (Wildman–Crippen LogP) is 1.91. The number of benzene rings is 1. The molecule has 1 N–H and O–H groups in total. The molecule has 142 valence electrons. The third-order valence-corrected chi connectivity index (χ3v) is 5.05. The van der Waals surface area contributed by atoms with Gasteiger partial charge in [-0.3, -0.25) is 14.6 Å². The third-order valence-electron chi connectivity index (χ3n) is 5.05. The van der Waals surface area contributed by atoms with Crippen LogP contribution in [0.5, 0.6) is 5.88 Å². The van der Waals surface area contributed by atoms with Crippen LogP contribution in [0.3, 0.4) is 0 Å². The first-order valence-electron chi connectivity index (χ1n) is 9.23. The van der Waals surface area contributed by atoms with E-state index in [0.29, 0.717) is 36.9 Å². The largest absolute Gasteiger partial charge is 0.475 e. The summed E-state index contributed by atoms with van der Waals surface area (Å²) in [6.07, 6.45) is 5.01. The fourth-order valence-corrected chi connectivity index (χ4v) is 3.58. The van der Waals surface area contributed by atoms with Gasteiger partial charge in [-0.1, -0.05) is 12.1 Å². The minimum absolute atomic E-state index is 0.185. The number of nitrogens with zero attached hydrogens (tertiary/aromatic N) is 6. The molecule has 9 heteroatoms. The van der Waals surface area contributed by atoms with E-state index >= 15 is 0 Å². The van der Waals surface area contributed by atoms with Gasteiger partial charge in [0.2, 0.25) is 11.8 Å². The summed E-state index contributed by atoms with van der Waals surface area (Å²) in [4.78, 5) is 23.0. The zero-order valence-corrected chi connectivity index (χ0v) is 15.4. The molecule has 0 radical (unpaired) electrons. The Morgan fingerprint density at radius 3 is 3.00 bits per heavy atom. The maximum Gasteiger partial charge on any atom is 0.228 e. The second-order valence-corrected chi connectivity index (χ2v) is 6.83. The molecule has 1 aromatic carbocycles. The molecule has 0 saturated carbocycles. The van der Waals surface area contributed by atoms with Gasteiger partial charge in [0.25, 0.3) is 0 Å². The number of nitrogens with one attached hydrogen (secondary N) is 1. The Morgan fingerprint density at radius 1 is 1.21 bits per heavy atom. The second kappa shape index (κ2) is 6.59. The van der Waals surface area contributed by atoms with Gasteiger partial charge in [-0.15, -0.1) is 0 Å². The molecule has 28 heavy (non-hydrogen) atoms. The molecule has 0 unspecified atom stereocenters. The first-order chi connectivity index (χ1) is 13.7. The number of hydrogen-bond acceptors (Lipinski definition) is 6. The highest BCUT2D eigenvalue weighted by atomic mass is 16.5. The van der Waals surface area contributed by atoms with Crippen molar-refractivity contribution in [3.05, 3.63) is 30.6 Å². The molecule has 4 aromatic rings. The Labute approximate surface area is 160 Å². The van der Waals surface area contributed by atoms with Crippen molar-refractivity contribution >= 4 is 27.8 Å². The number of hydrogen-bond donors (Lipinski definition) is 1. The number of aromatic nitrogens is 6. The van der Waals surface area contributed by atoms with Crippen LogP contribution in [0.4, 0.5) is 0 Å². The van der Waals surface area contributed by atoms with Crippen LogP contribution >= 0.6 is 0 Å². The van der Waals surface area contributed by atoms with E-state index < -0.39 is 0 Å². The minimum atomic E-state index is 0.185. The van der Waals surface area contributed by atoms with E-state index in [2.05, 4.69) is 20.3 Å². The number of amides is 1. The maximum atomic E-state index is 11.8. The van der Waals surface area contributed by atoms with Gasteiger partial charge in [-0.05, 0) is 12.5 Å². The molecule has 0 aliphatic carbocycles. The first-order valence-corrected chi connectivity index (χ1v) is 9.23. The van der Waals surface area contributed by atoms with Crippen LogP contribution in [-0.2, 0) is 11.8 Å². The van der Waals surface area contributed by atoms with E-state index in [1.54, 1.807) is 17.1 Å². The Kier molecular flexibility index (Phi) is 3.92. The van der Waals surface area contributed by atoms with Gasteiger partial charge in [0.1, 0.15) is 12.0 Å². The number of rotatable bonds is 5. The van der Waals surface area contributed by atoms with Crippen LogP contribution in [-0.4, -0.2) is 60.4 Å². The number of aryl methyl sites for hydroxylation is 1. The van der Waals surface area contributed by atoms with E-state index in [1.165, 1.54) is 0 Å². The van der Waals surface area contributed by atoms with Crippen molar-refractivity contribution in [3.8, 4) is 17.3 Å². The summed E-state index contributed by atoms with van der Waals surface area (Å²) in [6.45, 7) is 1.72. The van der Waals surface area contributed by atoms with Crippen molar-refractivity contribution in [1.29, 1.82) is 0 Å². The zero-order chi connectivity index (χ0) is 19.1. The van der Waals surface area contributed by atoms with Crippen molar-refractivity contribution in [2.75, 3.05) is 19.7 Å². The van der Waals surface area contributed by atoms with Gasteiger partial charge in [0.15, 0.2) is 11.5 Å². The van der Waals surface area contributed by atoms with E-state index in [9.17, 15) is 4.79 Å². The Morgan fingerprint density at radius 2 is 2.14 bits per heavy atom. The maximum absolute atomic E-state index is 11.8. The summed E-state index contributed by atoms with van der Waals surface area (Å²) in [7, 11) is 1.84. The smallest absolute Gasteiger partial charge is 0.228 e. The van der Waals surface area contributed by atoms with Crippen molar-refractivity contribution in [2.24, 2.45) is 7.05 Å². The van der Waals surface area contributed by atoms with E-state index in [-0.39, 0.29) is 5.91 Å². The average molecular weight is 377 g/mol. The van der Waals surface area contributed by atoms with Crippen LogP contribution in [0.2, 0.25) is 0 Å². The molecule has 0 bridgehead atoms. The van der Waals surface area contributed by atoms with Crippen LogP contribution in [0.15, 0.2) is 30.6 Å². The molecule has 1 aliphatic heterocycles. The third kappa shape index (κ3) is 2.75. The van der Waals surface area contributed by atoms with Crippen molar-refractivity contribution in [2.45, 2.75) is 12.8 Å². The van der Waals surface area contributed by atoms with Crippen molar-refractivity contribution < 1.29 is 9.53 Å². The molecular weight excluding hydrogens is 358 g/mol. The summed E-state index contributed by atoms with van der Waals surface area (Å²) < 4.78 is 7.68. The number of H-pyrrole nitrogens is 1. The number of carbonyl (C=O) groups excluding carboxylic acids is 1. The van der Waals surface area contributed by atoms with Crippen LogP contribution < -0.4 is 4.74 Å². The van der Waals surface area contributed by atoms with Gasteiger partial charge >= 0.3 is 0 Å². The van der Waals surface area contributed by atoms with Crippen LogP contribution in [0, 0.1) is 0 Å². The summed E-state index contributed by atoms with van der Waals surface area (Å²) in [5.41, 5.74) is 2.48. The molecule has 1 saturated heterocycles. The lowest BCUT2D eigenvalue weighted by Crippen LogP contribution is -2.29. The van der Waals surface area contributed by atoms with Gasteiger partial charge in [-0.25, -0.2) is 4.98 Å². The van der Waals surface area contributed by atoms with Crippen molar-refractivity contribution in [1.82, 2.24) is 34.8 Å². The van der Waals surface area contributed by atoms with Gasteiger partial charge in [-0.2, -0.15) is 15.2 Å². The average Bonchev–Trinajstić information content (AvgIpc) is 3.42. The highest BCUT2D eigenvalue weighted by Gasteiger charge is 2.20. The predicted molar refractivity (Wildman–Crippen MR) is 103 cm³/mol. The molecule has 1 aliphatic rings. The summed E-state index contributed by atoms with van der Waals surface area (Å²) in [5.74, 6) is 1.21. The van der Waals surface area contributed by atoms with E-state index in [0.717, 1.165) is 34.8 Å². The number of ether oxygens (including phenoxy) is 1. The topological polar surface area (TPSA) is 102 Å². The monoisotopic (exact) mass is 377 g/mol. The molecule has 3 aromatic heterocycles. The standard InChI is InChI=1S/C19H19N7O2/c1-25-18-14(11-21-25)19(28-9-8-26-7-3-6-16(26)27)23-17(22-18)12-4-2-5-15-13(12)10-20-24-15/h2,4-5,10-11H,3,6-9H2,1H3,(H,20,24). The van der Waals surface area contributed by atoms with Gasteiger partial charge < -0.3 is 9.64 Å². The number of likely N-dealkylation sites (tertiary alicyclic amines) is 1. The first kappa shape index (κ1) is 16.7. The van der Waals surface area contributed by atoms with Gasteiger partial charge in [0, 0.05) is 31.0 Å². The van der Waals surface area contributed by atoms with Gasteiger partial charge in [0.05, 0.1) is 24.5 Å². The number of aromatic amines is 1. The van der Waals surface area contributed by atoms with E-state index in [1.807, 2.05) is 30.1 Å². The van der Waals surface area contributed by atoms with Crippen molar-refractivity contribution in [3.63, 3.8) is 0 Å². The fraction of sp³-hybridized carbons (Fsp3) is 0.316. The zero-order valence-electron chi connectivity index (χ0n) is 15.4. The van der Waals surface area contributed by atoms with Crippen LogP contribution in [0.1, 0.15) is 12.8 Å². The van der Waals surface area contributed by atoms with E-state index in [4.69, 9.17) is 9.72 Å². The Bertz CT molecular complexity index is 1180. The lowest BCUT2D eigenvalue weighted by atomic mass is 10.1. The molecule has 4 heterocycles. The Hall–Kier alpha value is -3.49. The quantitative estimate of drug-likeness (QED) is 0.570. The molecule has 9 nitrogen and oxygen atoms in total. The fourth-order valence-electron chi connectivity index (χ4n) is 3.58. The minimum Gasteiger partial charge on any atom is -0.475 e. The summed E-state index contributed by atoms with van der Waals surface area (Å²) >= 11 is 0. The summed E-state index contributed by atoms with van der Waals surface area (Å²) in [5, 5.41) is 13.1. The molecular formula is C19H19N7O2. The Balaban J connectivity index is 1.51. The lowest BCUT2D eigenvalue weighted by Gasteiger charge is -2.16. The molecule has 5 rings (SSSR count). The highest BCUT2D eigenvalue weighted by molar-refractivity contribution is 5.93. The highest BCUT2D eigenvalue weighted by Crippen LogP contribution is 2.30. The number of carbonyl (C=O) groups is 1. The molecule has 1 fully saturated rings. The SMILES string of the molecule is Cn1ncc2c(OCCN3CCCC3=O)nc(-c3cccc4[nH]ncc34)nc21. The molecule has 0 spiro atoms. The second-order valence-electron chi connectivity index (χ2n) is 6.83. The van der Waals surface area contributed by atoms with Crippen LogP contribution in [0.25, 0.3) is 33.3 Å². The number of fused-ring (bicyclic) bond motifs is 2. The molecule has 0 atom stereocenters. The molecule has 1 amide bonds. The lowest BCUT2D eigenvalue weighted by molar-refractivity contribution is -0.128. The summed E-state index contributed by atoms with van der Waals surface area (Å²) in [6, 6.07) is 5.85. The normalized spacial score (nSPS) is 14.5.